The zero-order valence-electron chi connectivity index (χ0n) is 11.7. The van der Waals surface area contributed by atoms with Gasteiger partial charge in [0.15, 0.2) is 0 Å². The van der Waals surface area contributed by atoms with Crippen LogP contribution >= 0.6 is 0 Å². The number of aromatic nitrogens is 1. The summed E-state index contributed by atoms with van der Waals surface area (Å²) >= 11 is 0. The minimum Gasteiger partial charge on any atom is -0.481 e. The van der Waals surface area contributed by atoms with Crippen LogP contribution in [0.3, 0.4) is 0 Å². The lowest BCUT2D eigenvalue weighted by molar-refractivity contribution is -0.140. The molecule has 1 fully saturated rings. The van der Waals surface area contributed by atoms with E-state index in [-0.39, 0.29) is 17.8 Å². The standard InChI is InChI=1S/C15H22N2O2/c1-15(2)11-17(7-5-13(15)8-14(18)19)10-12-4-3-6-16-9-12/h3-4,6,9,13H,5,7-8,10-11H2,1-2H3,(H,18,19). The van der Waals surface area contributed by atoms with E-state index in [1.165, 1.54) is 5.56 Å². The smallest absolute Gasteiger partial charge is 0.303 e. The minimum absolute atomic E-state index is 0.0544. The minimum atomic E-state index is -0.682. The fourth-order valence-electron chi connectivity index (χ4n) is 2.99. The van der Waals surface area contributed by atoms with Crippen LogP contribution in [0.25, 0.3) is 0 Å². The van der Waals surface area contributed by atoms with Crippen molar-refractivity contribution >= 4 is 5.97 Å². The molecule has 19 heavy (non-hydrogen) atoms. The summed E-state index contributed by atoms with van der Waals surface area (Å²) in [4.78, 5) is 17.4. The number of piperidine rings is 1. The van der Waals surface area contributed by atoms with Crippen molar-refractivity contribution in [1.82, 2.24) is 9.88 Å². The van der Waals surface area contributed by atoms with Gasteiger partial charge in [0.1, 0.15) is 0 Å². The molecule has 1 aromatic rings. The number of carbonyl (C=O) groups is 1. The molecule has 1 aliphatic heterocycles. The molecule has 0 amide bonds. The van der Waals surface area contributed by atoms with Gasteiger partial charge in [-0.1, -0.05) is 19.9 Å². The SMILES string of the molecule is CC1(C)CN(Cc2cccnc2)CCC1CC(=O)O. The maximum absolute atomic E-state index is 10.9. The maximum atomic E-state index is 10.9. The normalized spacial score (nSPS) is 23.2. The molecule has 4 nitrogen and oxygen atoms in total. The Morgan fingerprint density at radius 3 is 2.95 bits per heavy atom. The van der Waals surface area contributed by atoms with Gasteiger partial charge >= 0.3 is 5.97 Å². The topological polar surface area (TPSA) is 53.4 Å². The number of carboxylic acid groups (broad SMARTS) is 1. The third kappa shape index (κ3) is 3.77. The Hall–Kier alpha value is -1.42. The first-order valence-electron chi connectivity index (χ1n) is 6.80. The van der Waals surface area contributed by atoms with Crippen LogP contribution in [0.15, 0.2) is 24.5 Å². The molecule has 0 radical (unpaired) electrons. The van der Waals surface area contributed by atoms with Crippen molar-refractivity contribution in [3.8, 4) is 0 Å². The monoisotopic (exact) mass is 262 g/mol. The van der Waals surface area contributed by atoms with Crippen LogP contribution in [0.1, 0.15) is 32.3 Å². The number of hydrogen-bond acceptors (Lipinski definition) is 3. The molecule has 4 heteroatoms. The van der Waals surface area contributed by atoms with Gasteiger partial charge in [-0.05, 0) is 35.9 Å². The van der Waals surface area contributed by atoms with Crippen molar-refractivity contribution in [2.75, 3.05) is 13.1 Å². The highest BCUT2D eigenvalue weighted by atomic mass is 16.4. The Morgan fingerprint density at radius 1 is 1.58 bits per heavy atom. The van der Waals surface area contributed by atoms with Crippen LogP contribution in [0.5, 0.6) is 0 Å². The zero-order valence-corrected chi connectivity index (χ0v) is 11.7. The molecule has 104 valence electrons. The largest absolute Gasteiger partial charge is 0.481 e. The lowest BCUT2D eigenvalue weighted by Crippen LogP contribution is -2.45. The number of carboxylic acids is 1. The van der Waals surface area contributed by atoms with E-state index in [1.54, 1.807) is 6.20 Å². The van der Waals surface area contributed by atoms with Crippen LogP contribution in [-0.2, 0) is 11.3 Å². The first-order valence-corrected chi connectivity index (χ1v) is 6.80. The Bertz CT molecular complexity index is 431. The molecular formula is C15H22N2O2. The van der Waals surface area contributed by atoms with E-state index < -0.39 is 5.97 Å². The molecular weight excluding hydrogens is 240 g/mol. The Balaban J connectivity index is 1.96. The van der Waals surface area contributed by atoms with Crippen molar-refractivity contribution in [3.63, 3.8) is 0 Å². The van der Waals surface area contributed by atoms with Gasteiger partial charge in [0.05, 0.1) is 0 Å². The van der Waals surface area contributed by atoms with Crippen LogP contribution in [-0.4, -0.2) is 34.0 Å². The predicted molar refractivity (Wildman–Crippen MR) is 73.7 cm³/mol. The quantitative estimate of drug-likeness (QED) is 0.905. The molecule has 1 atom stereocenters. The molecule has 0 saturated carbocycles. The summed E-state index contributed by atoms with van der Waals surface area (Å²) in [5, 5.41) is 8.98. The summed E-state index contributed by atoms with van der Waals surface area (Å²) in [6.07, 6.45) is 4.93. The van der Waals surface area contributed by atoms with E-state index in [1.807, 2.05) is 12.3 Å². The lowest BCUT2D eigenvalue weighted by Gasteiger charge is -2.44. The molecule has 1 aliphatic rings. The molecule has 1 aromatic heterocycles. The van der Waals surface area contributed by atoms with Crippen LogP contribution in [0.4, 0.5) is 0 Å². The zero-order chi connectivity index (χ0) is 13.9. The fraction of sp³-hybridized carbons (Fsp3) is 0.600. The highest BCUT2D eigenvalue weighted by Crippen LogP contribution is 2.37. The molecule has 2 rings (SSSR count). The van der Waals surface area contributed by atoms with Gasteiger partial charge in [0.25, 0.3) is 0 Å². The highest BCUT2D eigenvalue weighted by Gasteiger charge is 2.36. The van der Waals surface area contributed by atoms with E-state index >= 15 is 0 Å². The van der Waals surface area contributed by atoms with Crippen LogP contribution in [0, 0.1) is 11.3 Å². The van der Waals surface area contributed by atoms with Gasteiger partial charge in [-0.25, -0.2) is 0 Å². The lowest BCUT2D eigenvalue weighted by atomic mass is 9.72. The van der Waals surface area contributed by atoms with Crippen LogP contribution in [0.2, 0.25) is 0 Å². The Kier molecular flexibility index (Phi) is 4.20. The van der Waals surface area contributed by atoms with E-state index in [0.717, 1.165) is 26.1 Å². The first kappa shape index (κ1) is 14.0. The number of pyridine rings is 1. The van der Waals surface area contributed by atoms with Crippen molar-refractivity contribution in [2.45, 2.75) is 33.2 Å². The molecule has 0 bridgehead atoms. The van der Waals surface area contributed by atoms with Crippen molar-refractivity contribution in [1.29, 1.82) is 0 Å². The second kappa shape index (κ2) is 5.70. The summed E-state index contributed by atoms with van der Waals surface area (Å²) in [6, 6.07) is 4.04. The summed E-state index contributed by atoms with van der Waals surface area (Å²) < 4.78 is 0. The second-order valence-corrected chi connectivity index (χ2v) is 6.14. The van der Waals surface area contributed by atoms with E-state index in [0.29, 0.717) is 0 Å². The third-order valence-corrected chi connectivity index (χ3v) is 4.08. The molecule has 0 aromatic carbocycles. The van der Waals surface area contributed by atoms with Gasteiger partial charge in [-0.3, -0.25) is 14.7 Å². The van der Waals surface area contributed by atoms with Gasteiger partial charge in [-0.2, -0.15) is 0 Å². The second-order valence-electron chi connectivity index (χ2n) is 6.14. The van der Waals surface area contributed by atoms with Crippen LogP contribution < -0.4 is 0 Å². The van der Waals surface area contributed by atoms with Crippen molar-refractivity contribution in [2.24, 2.45) is 11.3 Å². The fourth-order valence-corrected chi connectivity index (χ4v) is 2.99. The maximum Gasteiger partial charge on any atom is 0.303 e. The first-order chi connectivity index (χ1) is 8.97. The highest BCUT2D eigenvalue weighted by molar-refractivity contribution is 5.67. The molecule has 0 spiro atoms. The Labute approximate surface area is 114 Å². The number of nitrogens with zero attached hydrogens (tertiary/aromatic N) is 2. The van der Waals surface area contributed by atoms with Crippen molar-refractivity contribution in [3.05, 3.63) is 30.1 Å². The number of aliphatic carboxylic acids is 1. The summed E-state index contributed by atoms with van der Waals surface area (Å²) in [7, 11) is 0. The number of hydrogen-bond donors (Lipinski definition) is 1. The average Bonchev–Trinajstić information content (AvgIpc) is 2.33. The summed E-state index contributed by atoms with van der Waals surface area (Å²) in [5.41, 5.74) is 1.27. The molecule has 1 unspecified atom stereocenters. The molecule has 2 heterocycles. The van der Waals surface area contributed by atoms with Gasteiger partial charge < -0.3 is 5.11 Å². The molecule has 1 N–H and O–H groups in total. The summed E-state index contributed by atoms with van der Waals surface area (Å²) in [6.45, 7) is 7.17. The third-order valence-electron chi connectivity index (χ3n) is 4.08. The predicted octanol–water partition coefficient (Wildman–Crippen LogP) is 2.40. The van der Waals surface area contributed by atoms with Gasteiger partial charge in [0, 0.05) is 31.9 Å². The summed E-state index contributed by atoms with van der Waals surface area (Å²) in [5.74, 6) is -0.408. The molecule has 1 saturated heterocycles. The van der Waals surface area contributed by atoms with Crippen molar-refractivity contribution < 1.29 is 9.90 Å². The van der Waals surface area contributed by atoms with E-state index in [4.69, 9.17) is 5.11 Å². The van der Waals surface area contributed by atoms with Gasteiger partial charge in [0.2, 0.25) is 0 Å². The van der Waals surface area contributed by atoms with Gasteiger partial charge in [-0.15, -0.1) is 0 Å². The Morgan fingerprint density at radius 2 is 2.37 bits per heavy atom. The average molecular weight is 262 g/mol. The van der Waals surface area contributed by atoms with E-state index in [9.17, 15) is 4.79 Å². The van der Waals surface area contributed by atoms with E-state index in [2.05, 4.69) is 29.8 Å². The number of rotatable bonds is 4. The molecule has 0 aliphatic carbocycles. The number of likely N-dealkylation sites (tertiary alicyclic amines) is 1.